The normalized spacial score (nSPS) is 12.2. The third-order valence-corrected chi connectivity index (χ3v) is 3.64. The fourth-order valence-corrected chi connectivity index (χ4v) is 2.49. The maximum Gasteiger partial charge on any atom is 0.255 e. The number of carbonyl (C=O) groups excluding carboxylic acids is 1. The average Bonchev–Trinajstić information content (AvgIpc) is 3.26. The molecule has 0 saturated heterocycles. The molecule has 0 saturated carbocycles. The van der Waals surface area contributed by atoms with Crippen LogP contribution in [0.2, 0.25) is 0 Å². The average molecular weight is 306 g/mol. The SMILES string of the molecule is O=C(Nc1cccc(-n2cccc2)c1)c1ccc2c(c1)OCO2. The van der Waals surface area contributed by atoms with Crippen molar-refractivity contribution >= 4 is 11.6 Å². The summed E-state index contributed by atoms with van der Waals surface area (Å²) in [6, 6.07) is 16.7. The molecule has 1 amide bonds. The Labute approximate surface area is 133 Å². The zero-order valence-corrected chi connectivity index (χ0v) is 12.2. The topological polar surface area (TPSA) is 52.5 Å². The van der Waals surface area contributed by atoms with E-state index in [1.165, 1.54) is 0 Å². The van der Waals surface area contributed by atoms with E-state index in [0.29, 0.717) is 17.1 Å². The number of benzene rings is 2. The Morgan fingerprint density at radius 3 is 2.65 bits per heavy atom. The molecule has 3 aromatic rings. The Morgan fingerprint density at radius 1 is 0.957 bits per heavy atom. The summed E-state index contributed by atoms with van der Waals surface area (Å²) in [5, 5.41) is 2.90. The second-order valence-electron chi connectivity index (χ2n) is 5.16. The van der Waals surface area contributed by atoms with E-state index in [2.05, 4.69) is 5.32 Å². The first-order valence-electron chi connectivity index (χ1n) is 7.24. The highest BCUT2D eigenvalue weighted by atomic mass is 16.7. The third-order valence-electron chi connectivity index (χ3n) is 3.64. The smallest absolute Gasteiger partial charge is 0.255 e. The molecule has 1 N–H and O–H groups in total. The van der Waals surface area contributed by atoms with E-state index in [0.717, 1.165) is 11.4 Å². The molecule has 0 atom stereocenters. The zero-order chi connectivity index (χ0) is 15.6. The maximum atomic E-state index is 12.4. The van der Waals surface area contributed by atoms with E-state index >= 15 is 0 Å². The molecule has 1 aromatic heterocycles. The molecule has 2 aromatic carbocycles. The summed E-state index contributed by atoms with van der Waals surface area (Å²) in [5.74, 6) is 1.07. The number of hydrogen-bond acceptors (Lipinski definition) is 3. The number of anilines is 1. The lowest BCUT2D eigenvalue weighted by Crippen LogP contribution is -2.12. The summed E-state index contributed by atoms with van der Waals surface area (Å²) in [4.78, 5) is 12.4. The van der Waals surface area contributed by atoms with Crippen LogP contribution in [0.1, 0.15) is 10.4 Å². The zero-order valence-electron chi connectivity index (χ0n) is 12.2. The molecule has 0 unspecified atom stereocenters. The number of rotatable bonds is 3. The largest absolute Gasteiger partial charge is 0.454 e. The molecule has 114 valence electrons. The van der Waals surface area contributed by atoms with Gasteiger partial charge >= 0.3 is 0 Å². The quantitative estimate of drug-likeness (QED) is 0.806. The van der Waals surface area contributed by atoms with Crippen LogP contribution in [0.4, 0.5) is 5.69 Å². The number of amides is 1. The Balaban J connectivity index is 1.56. The summed E-state index contributed by atoms with van der Waals surface area (Å²) >= 11 is 0. The van der Waals surface area contributed by atoms with Crippen LogP contribution in [0.25, 0.3) is 5.69 Å². The van der Waals surface area contributed by atoms with Crippen LogP contribution < -0.4 is 14.8 Å². The number of nitrogens with zero attached hydrogens (tertiary/aromatic N) is 1. The standard InChI is InChI=1S/C18H14N2O3/c21-18(13-6-7-16-17(10-13)23-12-22-16)19-14-4-3-5-15(11-14)20-8-1-2-9-20/h1-11H,12H2,(H,19,21). The van der Waals surface area contributed by atoms with Crippen LogP contribution in [0, 0.1) is 0 Å². The Hall–Kier alpha value is -3.21. The van der Waals surface area contributed by atoms with Gasteiger partial charge in [-0.2, -0.15) is 0 Å². The summed E-state index contributed by atoms with van der Waals surface area (Å²) in [5.41, 5.74) is 2.25. The summed E-state index contributed by atoms with van der Waals surface area (Å²) in [7, 11) is 0. The van der Waals surface area contributed by atoms with Crippen LogP contribution in [0.5, 0.6) is 11.5 Å². The molecule has 0 radical (unpaired) electrons. The number of aromatic nitrogens is 1. The summed E-state index contributed by atoms with van der Waals surface area (Å²) < 4.78 is 12.5. The number of nitrogens with one attached hydrogen (secondary N) is 1. The fourth-order valence-electron chi connectivity index (χ4n) is 2.49. The van der Waals surface area contributed by atoms with E-state index in [-0.39, 0.29) is 12.7 Å². The molecule has 5 heteroatoms. The monoisotopic (exact) mass is 306 g/mol. The van der Waals surface area contributed by atoms with Gasteiger partial charge in [-0.15, -0.1) is 0 Å². The molecule has 5 nitrogen and oxygen atoms in total. The predicted octanol–water partition coefficient (Wildman–Crippen LogP) is 3.46. The van der Waals surface area contributed by atoms with E-state index < -0.39 is 0 Å². The molecule has 0 fully saturated rings. The number of carbonyl (C=O) groups is 1. The van der Waals surface area contributed by atoms with E-state index in [1.54, 1.807) is 18.2 Å². The first kappa shape index (κ1) is 13.5. The molecular formula is C18H14N2O3. The Morgan fingerprint density at radius 2 is 1.78 bits per heavy atom. The van der Waals surface area contributed by atoms with E-state index in [4.69, 9.17) is 9.47 Å². The predicted molar refractivity (Wildman–Crippen MR) is 86.3 cm³/mol. The number of ether oxygens (including phenoxy) is 2. The van der Waals surface area contributed by atoms with Crippen molar-refractivity contribution in [1.82, 2.24) is 4.57 Å². The van der Waals surface area contributed by atoms with E-state index in [1.807, 2.05) is 53.4 Å². The van der Waals surface area contributed by atoms with Crippen molar-refractivity contribution in [3.8, 4) is 17.2 Å². The van der Waals surface area contributed by atoms with Crippen molar-refractivity contribution in [2.45, 2.75) is 0 Å². The molecule has 0 spiro atoms. The molecule has 1 aliphatic heterocycles. The lowest BCUT2D eigenvalue weighted by molar-refractivity contribution is 0.102. The fraction of sp³-hybridized carbons (Fsp3) is 0.0556. The van der Waals surface area contributed by atoms with Crippen molar-refractivity contribution in [2.24, 2.45) is 0 Å². The minimum Gasteiger partial charge on any atom is -0.454 e. The highest BCUT2D eigenvalue weighted by molar-refractivity contribution is 6.04. The first-order valence-corrected chi connectivity index (χ1v) is 7.24. The van der Waals surface area contributed by atoms with Gasteiger partial charge in [0.25, 0.3) is 5.91 Å². The highest BCUT2D eigenvalue weighted by Crippen LogP contribution is 2.32. The minimum atomic E-state index is -0.187. The molecular weight excluding hydrogens is 292 g/mol. The molecule has 1 aliphatic rings. The highest BCUT2D eigenvalue weighted by Gasteiger charge is 2.16. The summed E-state index contributed by atoms with van der Waals surface area (Å²) in [6.07, 6.45) is 3.91. The second kappa shape index (κ2) is 5.53. The van der Waals surface area contributed by atoms with Gasteiger partial charge in [0.1, 0.15) is 0 Å². The Kier molecular flexibility index (Phi) is 3.24. The van der Waals surface area contributed by atoms with Gasteiger partial charge < -0.3 is 19.4 Å². The van der Waals surface area contributed by atoms with Gasteiger partial charge in [0, 0.05) is 29.3 Å². The molecule has 23 heavy (non-hydrogen) atoms. The van der Waals surface area contributed by atoms with Gasteiger partial charge in [-0.1, -0.05) is 6.07 Å². The molecule has 2 heterocycles. The van der Waals surface area contributed by atoms with Gasteiger partial charge in [0.05, 0.1) is 0 Å². The molecule has 0 bridgehead atoms. The van der Waals surface area contributed by atoms with Gasteiger partial charge in [0.15, 0.2) is 11.5 Å². The lowest BCUT2D eigenvalue weighted by Gasteiger charge is -2.09. The van der Waals surface area contributed by atoms with Gasteiger partial charge in [-0.25, -0.2) is 0 Å². The van der Waals surface area contributed by atoms with Gasteiger partial charge in [-0.05, 0) is 48.5 Å². The van der Waals surface area contributed by atoms with Crippen LogP contribution in [0.15, 0.2) is 67.0 Å². The second-order valence-corrected chi connectivity index (χ2v) is 5.16. The van der Waals surface area contributed by atoms with Crippen molar-refractivity contribution in [3.05, 3.63) is 72.6 Å². The van der Waals surface area contributed by atoms with Gasteiger partial charge in [0.2, 0.25) is 6.79 Å². The van der Waals surface area contributed by atoms with Crippen molar-refractivity contribution in [3.63, 3.8) is 0 Å². The lowest BCUT2D eigenvalue weighted by atomic mass is 10.2. The first-order chi connectivity index (χ1) is 11.3. The van der Waals surface area contributed by atoms with Crippen LogP contribution in [-0.2, 0) is 0 Å². The van der Waals surface area contributed by atoms with Crippen LogP contribution >= 0.6 is 0 Å². The minimum absolute atomic E-state index is 0.187. The summed E-state index contributed by atoms with van der Waals surface area (Å²) in [6.45, 7) is 0.194. The Bertz CT molecular complexity index is 856. The van der Waals surface area contributed by atoms with Crippen molar-refractivity contribution in [2.75, 3.05) is 12.1 Å². The molecule has 4 rings (SSSR count). The number of hydrogen-bond donors (Lipinski definition) is 1. The van der Waals surface area contributed by atoms with Crippen LogP contribution in [0.3, 0.4) is 0 Å². The van der Waals surface area contributed by atoms with Crippen LogP contribution in [-0.4, -0.2) is 17.3 Å². The third kappa shape index (κ3) is 2.64. The van der Waals surface area contributed by atoms with E-state index in [9.17, 15) is 4.79 Å². The maximum absolute atomic E-state index is 12.4. The van der Waals surface area contributed by atoms with Crippen molar-refractivity contribution < 1.29 is 14.3 Å². The molecule has 0 aliphatic carbocycles. The number of fused-ring (bicyclic) bond motifs is 1. The van der Waals surface area contributed by atoms with Crippen molar-refractivity contribution in [1.29, 1.82) is 0 Å². The van der Waals surface area contributed by atoms with Gasteiger partial charge in [-0.3, -0.25) is 4.79 Å².